The van der Waals surface area contributed by atoms with E-state index in [1.165, 1.54) is 0 Å². The van der Waals surface area contributed by atoms with Crippen LogP contribution in [-0.2, 0) is 4.79 Å². The van der Waals surface area contributed by atoms with E-state index in [1.54, 1.807) is 31.4 Å². The van der Waals surface area contributed by atoms with Gasteiger partial charge >= 0.3 is 6.03 Å². The lowest BCUT2D eigenvalue weighted by molar-refractivity contribution is -0.134. The average molecular weight is 428 g/mol. The summed E-state index contributed by atoms with van der Waals surface area (Å²) in [5.41, 5.74) is 1.80. The highest BCUT2D eigenvalue weighted by Crippen LogP contribution is 2.35. The number of anilines is 1. The number of urea groups is 1. The normalized spacial score (nSPS) is 21.1. The molecule has 6 nitrogen and oxygen atoms in total. The third-order valence-corrected chi connectivity index (χ3v) is 6.07. The first-order valence-electron chi connectivity index (χ1n) is 10.3. The maximum atomic E-state index is 12.7. The number of hydrogen-bond donors (Lipinski definition) is 2. The molecule has 1 aliphatic carbocycles. The molecule has 2 N–H and O–H groups in total. The largest absolute Gasteiger partial charge is 0.497 e. The third-order valence-electron chi connectivity index (χ3n) is 5.81. The van der Waals surface area contributed by atoms with Crippen LogP contribution in [0.5, 0.6) is 5.75 Å². The smallest absolute Gasteiger partial charge is 0.319 e. The lowest BCUT2D eigenvalue weighted by Crippen LogP contribution is -2.54. The minimum absolute atomic E-state index is 0.120. The molecule has 2 atom stereocenters. The number of ether oxygens (including phenoxy) is 1. The van der Waals surface area contributed by atoms with Gasteiger partial charge in [0.1, 0.15) is 5.75 Å². The number of nitrogens with zero attached hydrogens (tertiary/aromatic N) is 1. The zero-order valence-electron chi connectivity index (χ0n) is 16.9. The number of benzene rings is 2. The molecule has 1 saturated carbocycles. The number of halogens is 1. The fourth-order valence-electron chi connectivity index (χ4n) is 4.01. The molecule has 2 unspecified atom stereocenters. The van der Waals surface area contributed by atoms with E-state index in [1.807, 2.05) is 29.2 Å². The number of rotatable bonds is 5. The summed E-state index contributed by atoms with van der Waals surface area (Å²) in [5, 5.41) is 6.56. The Balaban J connectivity index is 1.48. The molecule has 1 heterocycles. The van der Waals surface area contributed by atoms with Crippen molar-refractivity contribution in [2.45, 2.75) is 31.2 Å². The van der Waals surface area contributed by atoms with Crippen LogP contribution in [0.25, 0.3) is 0 Å². The number of nitrogens with one attached hydrogen (secondary N) is 2. The average Bonchev–Trinajstić information content (AvgIpc) is 3.60. The van der Waals surface area contributed by atoms with Gasteiger partial charge in [0, 0.05) is 35.6 Å². The van der Waals surface area contributed by atoms with E-state index >= 15 is 0 Å². The van der Waals surface area contributed by atoms with Crippen LogP contribution in [0.15, 0.2) is 48.5 Å². The topological polar surface area (TPSA) is 70.7 Å². The molecule has 0 spiro atoms. The molecule has 30 heavy (non-hydrogen) atoms. The zero-order chi connectivity index (χ0) is 21.1. The van der Waals surface area contributed by atoms with E-state index in [0.717, 1.165) is 30.6 Å². The van der Waals surface area contributed by atoms with E-state index in [4.69, 9.17) is 16.3 Å². The van der Waals surface area contributed by atoms with Gasteiger partial charge in [0.05, 0.1) is 13.2 Å². The number of likely N-dealkylation sites (tertiary alicyclic amines) is 1. The van der Waals surface area contributed by atoms with Crippen molar-refractivity contribution in [1.29, 1.82) is 0 Å². The van der Waals surface area contributed by atoms with Crippen LogP contribution in [0.4, 0.5) is 10.5 Å². The monoisotopic (exact) mass is 427 g/mol. The Hall–Kier alpha value is -2.73. The number of hydrogen-bond acceptors (Lipinski definition) is 3. The molecule has 2 fully saturated rings. The summed E-state index contributed by atoms with van der Waals surface area (Å²) < 4.78 is 5.26. The van der Waals surface area contributed by atoms with Gasteiger partial charge in [-0.2, -0.15) is 0 Å². The molecule has 2 aromatic carbocycles. The Labute approximate surface area is 181 Å². The quantitative estimate of drug-likeness (QED) is 0.748. The molecule has 0 radical (unpaired) electrons. The Kier molecular flexibility index (Phi) is 6.13. The second-order valence-electron chi connectivity index (χ2n) is 7.94. The van der Waals surface area contributed by atoms with Crippen LogP contribution in [0, 0.1) is 5.92 Å². The van der Waals surface area contributed by atoms with Crippen LogP contribution in [-0.4, -0.2) is 43.1 Å². The Bertz CT molecular complexity index is 897. The molecule has 0 aromatic heterocycles. The molecular weight excluding hydrogens is 402 g/mol. The zero-order valence-corrected chi connectivity index (χ0v) is 17.7. The van der Waals surface area contributed by atoms with Crippen LogP contribution < -0.4 is 15.4 Å². The van der Waals surface area contributed by atoms with E-state index in [-0.39, 0.29) is 29.8 Å². The molecule has 4 rings (SSSR count). The van der Waals surface area contributed by atoms with Crippen LogP contribution in [0.2, 0.25) is 5.02 Å². The molecule has 3 amide bonds. The van der Waals surface area contributed by atoms with Gasteiger partial charge < -0.3 is 20.3 Å². The first kappa shape index (κ1) is 20.5. The van der Waals surface area contributed by atoms with Crippen molar-refractivity contribution >= 4 is 29.2 Å². The number of methoxy groups -OCH3 is 1. The van der Waals surface area contributed by atoms with Gasteiger partial charge in [-0.15, -0.1) is 0 Å². The molecule has 2 aliphatic rings. The highest BCUT2D eigenvalue weighted by Gasteiger charge is 2.39. The molecule has 7 heteroatoms. The summed E-state index contributed by atoms with van der Waals surface area (Å²) in [6, 6.07) is 14.4. The Morgan fingerprint density at radius 2 is 1.73 bits per heavy atom. The predicted molar refractivity (Wildman–Crippen MR) is 117 cm³/mol. The second-order valence-corrected chi connectivity index (χ2v) is 8.38. The molecule has 1 saturated heterocycles. The summed E-state index contributed by atoms with van der Waals surface area (Å²) in [5.74, 6) is 1.30. The van der Waals surface area contributed by atoms with Crippen molar-refractivity contribution in [1.82, 2.24) is 10.2 Å². The minimum Gasteiger partial charge on any atom is -0.497 e. The van der Waals surface area contributed by atoms with Crippen molar-refractivity contribution in [3.63, 3.8) is 0 Å². The Morgan fingerprint density at radius 3 is 2.37 bits per heavy atom. The maximum absolute atomic E-state index is 12.7. The fraction of sp³-hybridized carbons (Fsp3) is 0.391. The first-order valence-corrected chi connectivity index (χ1v) is 10.7. The van der Waals surface area contributed by atoms with Gasteiger partial charge in [-0.05, 0) is 61.2 Å². The van der Waals surface area contributed by atoms with Crippen molar-refractivity contribution in [3.8, 4) is 5.75 Å². The molecular formula is C23H26ClN3O3. The van der Waals surface area contributed by atoms with E-state index < -0.39 is 0 Å². The molecule has 1 aliphatic heterocycles. The van der Waals surface area contributed by atoms with Gasteiger partial charge in [-0.3, -0.25) is 4.79 Å². The van der Waals surface area contributed by atoms with Crippen molar-refractivity contribution < 1.29 is 14.3 Å². The molecule has 0 bridgehead atoms. The van der Waals surface area contributed by atoms with Crippen LogP contribution in [0.3, 0.4) is 0 Å². The van der Waals surface area contributed by atoms with Crippen molar-refractivity contribution in [2.75, 3.05) is 25.5 Å². The predicted octanol–water partition coefficient (Wildman–Crippen LogP) is 4.26. The summed E-state index contributed by atoms with van der Waals surface area (Å²) >= 11 is 5.91. The van der Waals surface area contributed by atoms with Gasteiger partial charge in [-0.25, -0.2) is 4.79 Å². The van der Waals surface area contributed by atoms with Gasteiger partial charge in [-0.1, -0.05) is 23.7 Å². The summed E-state index contributed by atoms with van der Waals surface area (Å²) in [6.45, 7) is 1.23. The maximum Gasteiger partial charge on any atom is 0.319 e. The van der Waals surface area contributed by atoms with Crippen LogP contribution in [0.1, 0.15) is 30.7 Å². The highest BCUT2D eigenvalue weighted by molar-refractivity contribution is 6.30. The van der Waals surface area contributed by atoms with Gasteiger partial charge in [0.2, 0.25) is 5.91 Å². The lowest BCUT2D eigenvalue weighted by Gasteiger charge is -2.39. The highest BCUT2D eigenvalue weighted by atomic mass is 35.5. The number of carbonyl (C=O) groups excluding carboxylic acids is 2. The summed E-state index contributed by atoms with van der Waals surface area (Å²) in [7, 11) is 1.64. The van der Waals surface area contributed by atoms with E-state index in [9.17, 15) is 9.59 Å². The minimum atomic E-state index is -0.290. The van der Waals surface area contributed by atoms with E-state index in [2.05, 4.69) is 10.6 Å². The number of amides is 3. The van der Waals surface area contributed by atoms with E-state index in [0.29, 0.717) is 23.8 Å². The lowest BCUT2D eigenvalue weighted by atomic mass is 9.85. The van der Waals surface area contributed by atoms with Crippen molar-refractivity contribution in [3.05, 3.63) is 59.1 Å². The van der Waals surface area contributed by atoms with Crippen molar-refractivity contribution in [2.24, 2.45) is 5.92 Å². The third kappa shape index (κ3) is 4.87. The van der Waals surface area contributed by atoms with Gasteiger partial charge in [0.15, 0.2) is 0 Å². The second kappa shape index (κ2) is 8.96. The van der Waals surface area contributed by atoms with Gasteiger partial charge in [0.25, 0.3) is 0 Å². The number of piperidine rings is 1. The number of carbonyl (C=O) groups is 2. The standard InChI is InChI=1S/C23H26ClN3O3/c1-30-19-10-4-15(5-11-19)20-12-13-27(22(28)16-2-3-16)14-21(20)26-23(29)25-18-8-6-17(24)7-9-18/h4-11,16,20-21H,2-3,12-14H2,1H3,(H2,25,26,29). The molecule has 158 valence electrons. The van der Waals surface area contributed by atoms with Crippen LogP contribution >= 0.6 is 11.6 Å². The first-order chi connectivity index (χ1) is 14.5. The fourth-order valence-corrected chi connectivity index (χ4v) is 4.13. The molecule has 2 aromatic rings. The SMILES string of the molecule is COc1ccc(C2CCN(C(=O)C3CC3)CC2NC(=O)Nc2ccc(Cl)cc2)cc1. The summed E-state index contributed by atoms with van der Waals surface area (Å²) in [6.07, 6.45) is 2.76. The summed E-state index contributed by atoms with van der Waals surface area (Å²) in [4.78, 5) is 27.2. The Morgan fingerprint density at radius 1 is 1.03 bits per heavy atom.